The minimum atomic E-state index is 0.0998. The van der Waals surface area contributed by atoms with Crippen LogP contribution in [0.15, 0.2) is 66.9 Å². The molecule has 5 heteroatoms. The topological polar surface area (TPSA) is 55.0 Å². The highest BCUT2D eigenvalue weighted by Gasteiger charge is 2.19. The summed E-state index contributed by atoms with van der Waals surface area (Å²) < 4.78 is 0. The van der Waals surface area contributed by atoms with Crippen LogP contribution in [0.3, 0.4) is 0 Å². The first-order valence-electron chi connectivity index (χ1n) is 8.28. The van der Waals surface area contributed by atoms with E-state index >= 15 is 0 Å². The van der Waals surface area contributed by atoms with Gasteiger partial charge in [0.1, 0.15) is 5.82 Å². The molecule has 4 nitrogen and oxygen atoms in total. The second-order valence-corrected chi connectivity index (χ2v) is 6.37. The number of halogens is 1. The van der Waals surface area contributed by atoms with Gasteiger partial charge in [-0.05, 0) is 42.7 Å². The van der Waals surface area contributed by atoms with Crippen molar-refractivity contribution < 1.29 is 0 Å². The minimum absolute atomic E-state index is 0.0998. The van der Waals surface area contributed by atoms with Crippen molar-refractivity contribution >= 4 is 23.4 Å². The van der Waals surface area contributed by atoms with E-state index in [4.69, 9.17) is 17.3 Å². The first-order valence-corrected chi connectivity index (χ1v) is 8.66. The molecular formula is C20H21ClN4. The Balaban J connectivity index is 1.86. The smallest absolute Gasteiger partial charge is 0.227 e. The van der Waals surface area contributed by atoms with E-state index in [1.807, 2.05) is 30.3 Å². The Hall–Kier alpha value is -2.59. The van der Waals surface area contributed by atoms with Crippen molar-refractivity contribution in [3.63, 3.8) is 0 Å². The summed E-state index contributed by atoms with van der Waals surface area (Å²) in [5, 5.41) is 0.729. The van der Waals surface area contributed by atoms with E-state index in [2.05, 4.69) is 46.1 Å². The van der Waals surface area contributed by atoms with Gasteiger partial charge in [-0.25, -0.2) is 4.98 Å². The molecule has 0 spiro atoms. The molecule has 2 N–H and O–H groups in total. The summed E-state index contributed by atoms with van der Waals surface area (Å²) in [7, 11) is 0. The van der Waals surface area contributed by atoms with Gasteiger partial charge in [-0.3, -0.25) is 0 Å². The van der Waals surface area contributed by atoms with Gasteiger partial charge in [-0.1, -0.05) is 54.1 Å². The molecule has 2 aromatic carbocycles. The molecule has 25 heavy (non-hydrogen) atoms. The fourth-order valence-electron chi connectivity index (χ4n) is 2.78. The second kappa shape index (κ2) is 7.99. The van der Waals surface area contributed by atoms with Crippen LogP contribution in [0.25, 0.3) is 0 Å². The van der Waals surface area contributed by atoms with Crippen LogP contribution in [-0.4, -0.2) is 16.5 Å². The van der Waals surface area contributed by atoms with Crippen LogP contribution in [0.4, 0.5) is 11.8 Å². The fourth-order valence-corrected chi connectivity index (χ4v) is 2.91. The maximum atomic E-state index is 6.02. The molecule has 0 saturated heterocycles. The molecule has 0 aliphatic rings. The molecule has 0 aliphatic heterocycles. The van der Waals surface area contributed by atoms with E-state index < -0.39 is 0 Å². The molecular weight excluding hydrogens is 332 g/mol. The fraction of sp³-hybridized carbons (Fsp3) is 0.200. The van der Waals surface area contributed by atoms with Crippen LogP contribution in [0, 0.1) is 0 Å². The zero-order valence-electron chi connectivity index (χ0n) is 14.1. The molecule has 0 amide bonds. The van der Waals surface area contributed by atoms with Crippen molar-refractivity contribution in [1.82, 2.24) is 9.97 Å². The van der Waals surface area contributed by atoms with Gasteiger partial charge in [-0.2, -0.15) is 4.98 Å². The van der Waals surface area contributed by atoms with E-state index in [0.29, 0.717) is 11.8 Å². The van der Waals surface area contributed by atoms with Crippen LogP contribution in [0.1, 0.15) is 24.1 Å². The summed E-state index contributed by atoms with van der Waals surface area (Å²) in [6, 6.07) is 20.1. The number of rotatable bonds is 6. The SMILES string of the molecule is CC(c1ccc(Cl)cc1)N(CCc1ccccc1)c1nccc(N)n1. The summed E-state index contributed by atoms with van der Waals surface area (Å²) in [6.45, 7) is 2.93. The average molecular weight is 353 g/mol. The monoisotopic (exact) mass is 352 g/mol. The molecule has 128 valence electrons. The molecule has 0 radical (unpaired) electrons. The molecule has 1 aromatic heterocycles. The Bertz CT molecular complexity index is 805. The van der Waals surface area contributed by atoms with Crippen molar-refractivity contribution in [2.45, 2.75) is 19.4 Å². The molecule has 0 bridgehead atoms. The maximum Gasteiger partial charge on any atom is 0.227 e. The zero-order chi connectivity index (χ0) is 17.6. The lowest BCUT2D eigenvalue weighted by atomic mass is 10.1. The lowest BCUT2D eigenvalue weighted by Gasteiger charge is -2.30. The molecule has 1 heterocycles. The van der Waals surface area contributed by atoms with Gasteiger partial charge in [-0.15, -0.1) is 0 Å². The van der Waals surface area contributed by atoms with Gasteiger partial charge in [0, 0.05) is 17.8 Å². The first kappa shape index (κ1) is 17.2. The summed E-state index contributed by atoms with van der Waals surface area (Å²) >= 11 is 6.02. The molecule has 1 atom stereocenters. The van der Waals surface area contributed by atoms with Crippen LogP contribution in [-0.2, 0) is 6.42 Å². The van der Waals surface area contributed by atoms with Gasteiger partial charge in [0.2, 0.25) is 5.95 Å². The molecule has 0 fully saturated rings. The Morgan fingerprint density at radius 2 is 1.76 bits per heavy atom. The van der Waals surface area contributed by atoms with Crippen molar-refractivity contribution in [1.29, 1.82) is 0 Å². The third-order valence-electron chi connectivity index (χ3n) is 4.23. The number of anilines is 2. The van der Waals surface area contributed by atoms with Gasteiger partial charge in [0.15, 0.2) is 0 Å². The Kier molecular flexibility index (Phi) is 5.51. The number of nitrogens with zero attached hydrogens (tertiary/aromatic N) is 3. The van der Waals surface area contributed by atoms with Crippen LogP contribution in [0.5, 0.6) is 0 Å². The van der Waals surface area contributed by atoms with Crippen LogP contribution >= 0.6 is 11.6 Å². The van der Waals surface area contributed by atoms with Crippen molar-refractivity contribution in [2.75, 3.05) is 17.2 Å². The number of nitrogen functional groups attached to an aromatic ring is 1. The first-order chi connectivity index (χ1) is 12.1. The molecule has 0 saturated carbocycles. The van der Waals surface area contributed by atoms with Crippen molar-refractivity contribution in [2.24, 2.45) is 0 Å². The highest BCUT2D eigenvalue weighted by Crippen LogP contribution is 2.26. The highest BCUT2D eigenvalue weighted by molar-refractivity contribution is 6.30. The molecule has 0 aliphatic carbocycles. The predicted molar refractivity (Wildman–Crippen MR) is 104 cm³/mol. The maximum absolute atomic E-state index is 6.02. The van der Waals surface area contributed by atoms with Gasteiger partial charge in [0.25, 0.3) is 0 Å². The lowest BCUT2D eigenvalue weighted by molar-refractivity contribution is 0.647. The Labute approximate surface area is 153 Å². The number of nitrogens with two attached hydrogens (primary N) is 1. The zero-order valence-corrected chi connectivity index (χ0v) is 14.9. The average Bonchev–Trinajstić information content (AvgIpc) is 2.63. The van der Waals surface area contributed by atoms with E-state index in [1.54, 1.807) is 12.3 Å². The normalized spacial score (nSPS) is 11.9. The predicted octanol–water partition coefficient (Wildman–Crippen LogP) is 4.52. The number of aromatic nitrogens is 2. The molecule has 1 unspecified atom stereocenters. The number of hydrogen-bond donors (Lipinski definition) is 1. The summed E-state index contributed by atoms with van der Waals surface area (Å²) in [6.07, 6.45) is 2.60. The molecule has 3 rings (SSSR count). The van der Waals surface area contributed by atoms with Crippen molar-refractivity contribution in [3.8, 4) is 0 Å². The Morgan fingerprint density at radius 3 is 2.44 bits per heavy atom. The van der Waals surface area contributed by atoms with E-state index in [0.717, 1.165) is 23.6 Å². The number of benzene rings is 2. The largest absolute Gasteiger partial charge is 0.384 e. The van der Waals surface area contributed by atoms with E-state index in [-0.39, 0.29) is 6.04 Å². The molecule has 3 aromatic rings. The standard InChI is InChI=1S/C20H21ClN4/c1-15(17-7-9-18(21)10-8-17)25(20-23-13-11-19(22)24-20)14-12-16-5-3-2-4-6-16/h2-11,13,15H,12,14H2,1H3,(H2,22,23,24). The third-order valence-corrected chi connectivity index (χ3v) is 4.48. The van der Waals surface area contributed by atoms with Gasteiger partial charge in [0.05, 0.1) is 6.04 Å². The van der Waals surface area contributed by atoms with Crippen molar-refractivity contribution in [3.05, 3.63) is 83.0 Å². The number of hydrogen-bond acceptors (Lipinski definition) is 4. The van der Waals surface area contributed by atoms with E-state index in [9.17, 15) is 0 Å². The highest BCUT2D eigenvalue weighted by atomic mass is 35.5. The summed E-state index contributed by atoms with van der Waals surface area (Å²) in [5.74, 6) is 1.11. The van der Waals surface area contributed by atoms with Gasteiger partial charge < -0.3 is 10.6 Å². The third kappa shape index (κ3) is 4.48. The summed E-state index contributed by atoms with van der Waals surface area (Å²) in [4.78, 5) is 11.0. The van der Waals surface area contributed by atoms with Crippen LogP contribution < -0.4 is 10.6 Å². The Morgan fingerprint density at radius 1 is 1.04 bits per heavy atom. The van der Waals surface area contributed by atoms with Gasteiger partial charge >= 0.3 is 0 Å². The van der Waals surface area contributed by atoms with E-state index in [1.165, 1.54) is 5.56 Å². The summed E-state index contributed by atoms with van der Waals surface area (Å²) in [5.41, 5.74) is 8.30. The van der Waals surface area contributed by atoms with Crippen LogP contribution in [0.2, 0.25) is 5.02 Å². The second-order valence-electron chi connectivity index (χ2n) is 5.94. The minimum Gasteiger partial charge on any atom is -0.384 e. The quantitative estimate of drug-likeness (QED) is 0.708. The lowest BCUT2D eigenvalue weighted by Crippen LogP contribution is -2.31.